The quantitative estimate of drug-likeness (QED) is 0.667. The van der Waals surface area contributed by atoms with Gasteiger partial charge in [0.25, 0.3) is 5.88 Å². The summed E-state index contributed by atoms with van der Waals surface area (Å²) in [5.41, 5.74) is 2.20. The van der Waals surface area contributed by atoms with Gasteiger partial charge in [-0.25, -0.2) is 10.8 Å². The van der Waals surface area contributed by atoms with E-state index in [-0.39, 0.29) is 11.8 Å². The number of hydrogen-bond donors (Lipinski definition) is 2. The highest BCUT2D eigenvalue weighted by Gasteiger charge is 2.11. The van der Waals surface area contributed by atoms with Crippen LogP contribution < -0.4 is 16.0 Å². The predicted molar refractivity (Wildman–Crippen MR) is 69.0 cm³/mol. The predicted octanol–water partition coefficient (Wildman–Crippen LogP) is 3.11. The van der Waals surface area contributed by atoms with Crippen LogP contribution in [-0.4, -0.2) is 9.97 Å². The molecule has 0 bridgehead atoms. The molecular weight excluding hydrogens is 326 g/mol. The zero-order valence-corrected chi connectivity index (χ0v) is 11.2. The summed E-state index contributed by atoms with van der Waals surface area (Å²) in [6.45, 7) is 0. The number of hydrazine groups is 1. The minimum atomic E-state index is -0.698. The number of aromatic nitrogens is 2. The smallest absolute Gasteiger partial charge is 0.260 e. The van der Waals surface area contributed by atoms with Gasteiger partial charge >= 0.3 is 0 Å². The first-order chi connectivity index (χ1) is 8.60. The third kappa shape index (κ3) is 2.87. The molecule has 1 heterocycles. The Morgan fingerprint density at radius 1 is 1.44 bits per heavy atom. The van der Waals surface area contributed by atoms with Gasteiger partial charge in [0.15, 0.2) is 0 Å². The van der Waals surface area contributed by atoms with Gasteiger partial charge in [0.2, 0.25) is 11.8 Å². The molecule has 0 atom stereocenters. The highest BCUT2D eigenvalue weighted by Crippen LogP contribution is 2.32. The first-order valence-electron chi connectivity index (χ1n) is 4.72. The van der Waals surface area contributed by atoms with Gasteiger partial charge in [0, 0.05) is 5.02 Å². The lowest BCUT2D eigenvalue weighted by atomic mass is 10.3. The second kappa shape index (κ2) is 5.47. The van der Waals surface area contributed by atoms with Crippen molar-refractivity contribution in [3.05, 3.63) is 39.7 Å². The summed E-state index contributed by atoms with van der Waals surface area (Å²) in [4.78, 5) is 7.35. The largest absolute Gasteiger partial charge is 0.435 e. The van der Waals surface area contributed by atoms with Crippen molar-refractivity contribution in [3.63, 3.8) is 0 Å². The van der Waals surface area contributed by atoms with Crippen LogP contribution in [0.4, 0.5) is 10.3 Å². The van der Waals surface area contributed by atoms with Crippen molar-refractivity contribution in [2.45, 2.75) is 0 Å². The topological polar surface area (TPSA) is 73.1 Å². The molecule has 18 heavy (non-hydrogen) atoms. The van der Waals surface area contributed by atoms with Crippen molar-refractivity contribution in [2.24, 2.45) is 5.84 Å². The minimum Gasteiger partial charge on any atom is -0.435 e. The number of hydrogen-bond acceptors (Lipinski definition) is 5. The number of halogens is 3. The molecule has 2 rings (SSSR count). The Balaban J connectivity index is 2.33. The van der Waals surface area contributed by atoms with Crippen molar-refractivity contribution in [1.82, 2.24) is 9.97 Å². The molecule has 0 unspecified atom stereocenters. The lowest BCUT2D eigenvalue weighted by Crippen LogP contribution is -2.11. The van der Waals surface area contributed by atoms with Crippen LogP contribution in [0.1, 0.15) is 0 Å². The fourth-order valence-corrected chi connectivity index (χ4v) is 1.92. The summed E-state index contributed by atoms with van der Waals surface area (Å²) in [5, 5.41) is 0.529. The molecule has 0 spiro atoms. The maximum absolute atomic E-state index is 13.4. The monoisotopic (exact) mass is 332 g/mol. The molecule has 0 aliphatic rings. The van der Waals surface area contributed by atoms with Crippen LogP contribution in [0.3, 0.4) is 0 Å². The summed E-state index contributed by atoms with van der Waals surface area (Å²) in [6, 6.07) is 4.82. The van der Waals surface area contributed by atoms with Gasteiger partial charge in [-0.1, -0.05) is 11.6 Å². The Labute approximate surface area is 115 Å². The summed E-state index contributed by atoms with van der Waals surface area (Å²) >= 11 is 9.04. The lowest BCUT2D eigenvalue weighted by molar-refractivity contribution is 0.418. The number of nitrogen functional groups attached to an aromatic ring is 1. The Hall–Kier alpha value is -1.44. The third-order valence-electron chi connectivity index (χ3n) is 1.94. The van der Waals surface area contributed by atoms with Crippen molar-refractivity contribution < 1.29 is 9.13 Å². The summed E-state index contributed by atoms with van der Waals surface area (Å²) < 4.78 is 19.3. The van der Waals surface area contributed by atoms with Crippen LogP contribution >= 0.6 is 27.5 Å². The molecule has 1 aromatic heterocycles. The number of nitrogens with two attached hydrogens (primary N) is 1. The molecule has 0 aliphatic heterocycles. The van der Waals surface area contributed by atoms with Crippen molar-refractivity contribution in [1.29, 1.82) is 0 Å². The van der Waals surface area contributed by atoms with E-state index in [2.05, 4.69) is 31.3 Å². The lowest BCUT2D eigenvalue weighted by Gasteiger charge is -2.08. The zero-order valence-electron chi connectivity index (χ0n) is 8.82. The molecule has 8 heteroatoms. The van der Waals surface area contributed by atoms with E-state index in [1.807, 2.05) is 0 Å². The first kappa shape index (κ1) is 13.0. The Morgan fingerprint density at radius 3 is 2.89 bits per heavy atom. The van der Waals surface area contributed by atoms with E-state index < -0.39 is 5.82 Å². The number of nitrogens with zero attached hydrogens (tertiary/aromatic N) is 2. The molecule has 2 aromatic rings. The van der Waals surface area contributed by atoms with Gasteiger partial charge in [-0.3, -0.25) is 5.43 Å². The highest BCUT2D eigenvalue weighted by atomic mass is 79.9. The van der Waals surface area contributed by atoms with Gasteiger partial charge < -0.3 is 4.74 Å². The van der Waals surface area contributed by atoms with Crippen LogP contribution in [0.15, 0.2) is 28.9 Å². The van der Waals surface area contributed by atoms with Gasteiger partial charge in [0.1, 0.15) is 5.75 Å². The maximum Gasteiger partial charge on any atom is 0.260 e. The normalized spacial score (nSPS) is 10.2. The molecule has 0 amide bonds. The molecule has 0 saturated heterocycles. The Bertz CT molecular complexity index is 584. The SMILES string of the molecule is NNc1ncc(F)c(Oc2ccc(Cl)cc2Br)n1. The van der Waals surface area contributed by atoms with Crippen LogP contribution in [0.25, 0.3) is 0 Å². The summed E-state index contributed by atoms with van der Waals surface area (Å²) in [6.07, 6.45) is 0.960. The van der Waals surface area contributed by atoms with E-state index in [9.17, 15) is 4.39 Å². The third-order valence-corrected chi connectivity index (χ3v) is 2.80. The van der Waals surface area contributed by atoms with Gasteiger partial charge in [-0.15, -0.1) is 0 Å². The van der Waals surface area contributed by atoms with Crippen LogP contribution in [-0.2, 0) is 0 Å². The summed E-state index contributed by atoms with van der Waals surface area (Å²) in [5.74, 6) is 4.63. The van der Waals surface area contributed by atoms with Crippen LogP contribution in [0.5, 0.6) is 11.6 Å². The molecule has 0 aliphatic carbocycles. The fraction of sp³-hybridized carbons (Fsp3) is 0. The van der Waals surface area contributed by atoms with Crippen LogP contribution in [0.2, 0.25) is 5.02 Å². The van der Waals surface area contributed by atoms with E-state index in [1.165, 1.54) is 0 Å². The van der Waals surface area contributed by atoms with E-state index >= 15 is 0 Å². The molecule has 94 valence electrons. The van der Waals surface area contributed by atoms with E-state index in [0.29, 0.717) is 15.2 Å². The maximum atomic E-state index is 13.4. The molecule has 1 aromatic carbocycles. The van der Waals surface area contributed by atoms with E-state index in [4.69, 9.17) is 22.2 Å². The van der Waals surface area contributed by atoms with Crippen molar-refractivity contribution in [2.75, 3.05) is 5.43 Å². The molecule has 5 nitrogen and oxygen atoms in total. The molecule has 0 fully saturated rings. The second-order valence-electron chi connectivity index (χ2n) is 3.17. The van der Waals surface area contributed by atoms with Gasteiger partial charge in [-0.05, 0) is 34.1 Å². The number of ether oxygens (including phenoxy) is 1. The van der Waals surface area contributed by atoms with E-state index in [1.54, 1.807) is 18.2 Å². The zero-order chi connectivity index (χ0) is 13.1. The first-order valence-corrected chi connectivity index (χ1v) is 5.89. The number of benzene rings is 1. The van der Waals surface area contributed by atoms with E-state index in [0.717, 1.165) is 6.20 Å². The Kier molecular flexibility index (Phi) is 3.95. The molecule has 3 N–H and O–H groups in total. The minimum absolute atomic E-state index is 0.0523. The Morgan fingerprint density at radius 2 is 2.22 bits per heavy atom. The second-order valence-corrected chi connectivity index (χ2v) is 4.46. The molecule has 0 saturated carbocycles. The number of nitrogens with one attached hydrogen (secondary N) is 1. The summed E-state index contributed by atoms with van der Waals surface area (Å²) in [7, 11) is 0. The van der Waals surface area contributed by atoms with Crippen molar-refractivity contribution in [3.8, 4) is 11.6 Å². The van der Waals surface area contributed by atoms with Crippen LogP contribution in [0, 0.1) is 5.82 Å². The van der Waals surface area contributed by atoms with Gasteiger partial charge in [-0.2, -0.15) is 9.37 Å². The average molecular weight is 334 g/mol. The molecule has 0 radical (unpaired) electrons. The average Bonchev–Trinajstić information content (AvgIpc) is 2.35. The molecular formula is C10H7BrClFN4O. The fourth-order valence-electron chi connectivity index (χ4n) is 1.15. The standard InChI is InChI=1S/C10H7BrClFN4O/c11-6-3-5(12)1-2-8(6)18-9-7(13)4-15-10(16-9)17-14/h1-4H,14H2,(H,15,16,17). The van der Waals surface area contributed by atoms with Crippen molar-refractivity contribution >= 4 is 33.5 Å². The van der Waals surface area contributed by atoms with Gasteiger partial charge in [0.05, 0.1) is 10.7 Å². The number of rotatable bonds is 3. The highest BCUT2D eigenvalue weighted by molar-refractivity contribution is 9.10. The number of anilines is 1.